The van der Waals surface area contributed by atoms with E-state index in [4.69, 9.17) is 5.21 Å². The van der Waals surface area contributed by atoms with Crippen molar-refractivity contribution in [1.29, 1.82) is 0 Å². The Bertz CT molecular complexity index is 148. The van der Waals surface area contributed by atoms with Crippen molar-refractivity contribution in [2.24, 2.45) is 5.16 Å². The smallest absolute Gasteiger partial charge is 0.0658 e. The summed E-state index contributed by atoms with van der Waals surface area (Å²) in [7, 11) is 0. The van der Waals surface area contributed by atoms with Crippen LogP contribution in [-0.2, 0) is 0 Å². The lowest BCUT2D eigenvalue weighted by molar-refractivity contribution is 0.322. The zero-order valence-electron chi connectivity index (χ0n) is 6.90. The first-order chi connectivity index (χ1) is 5.41. The summed E-state index contributed by atoms with van der Waals surface area (Å²) >= 11 is 0. The molecule has 2 heteroatoms. The van der Waals surface area contributed by atoms with Crippen LogP contribution in [0.4, 0.5) is 0 Å². The van der Waals surface area contributed by atoms with Gasteiger partial charge in [0, 0.05) is 0 Å². The van der Waals surface area contributed by atoms with Gasteiger partial charge in [0.15, 0.2) is 0 Å². The number of rotatable bonds is 5. The zero-order chi connectivity index (χ0) is 8.36. The minimum Gasteiger partial charge on any atom is -0.411 e. The highest BCUT2D eigenvalue weighted by atomic mass is 16.4. The molecule has 11 heavy (non-hydrogen) atoms. The Kier molecular flexibility index (Phi) is 8.10. The summed E-state index contributed by atoms with van der Waals surface area (Å²) in [6.45, 7) is 2.12. The standard InChI is InChI=1S/C9H15NO/c1-2-3-4-5-6-7-8-9-10-11/h3-4,7-9,11H,2,5-6H2,1H3/b4-3-,8-7-,10-9-. The fourth-order valence-corrected chi connectivity index (χ4v) is 0.673. The summed E-state index contributed by atoms with van der Waals surface area (Å²) in [4.78, 5) is 0. The summed E-state index contributed by atoms with van der Waals surface area (Å²) in [5.41, 5.74) is 0. The molecule has 0 fully saturated rings. The molecule has 1 N–H and O–H groups in total. The van der Waals surface area contributed by atoms with E-state index in [-0.39, 0.29) is 0 Å². The molecule has 0 rings (SSSR count). The molecular formula is C9H15NO. The minimum absolute atomic E-state index is 1.00. The van der Waals surface area contributed by atoms with E-state index in [1.165, 1.54) is 6.21 Å². The molecule has 0 aliphatic rings. The van der Waals surface area contributed by atoms with E-state index in [1.807, 2.05) is 6.08 Å². The second kappa shape index (κ2) is 8.95. The summed E-state index contributed by atoms with van der Waals surface area (Å²) in [6.07, 6.45) is 12.5. The Morgan fingerprint density at radius 1 is 1.18 bits per heavy atom. The molecule has 2 nitrogen and oxygen atoms in total. The molecule has 0 spiro atoms. The van der Waals surface area contributed by atoms with E-state index in [1.54, 1.807) is 6.08 Å². The first-order valence-electron chi connectivity index (χ1n) is 3.89. The van der Waals surface area contributed by atoms with Crippen molar-refractivity contribution in [1.82, 2.24) is 0 Å². The summed E-state index contributed by atoms with van der Waals surface area (Å²) in [6, 6.07) is 0. The Morgan fingerprint density at radius 3 is 2.55 bits per heavy atom. The maximum atomic E-state index is 8.01. The molecule has 0 aromatic carbocycles. The average molecular weight is 153 g/mol. The Hall–Kier alpha value is -1.05. The van der Waals surface area contributed by atoms with Crippen LogP contribution in [0.15, 0.2) is 29.5 Å². The van der Waals surface area contributed by atoms with Crippen LogP contribution < -0.4 is 0 Å². The molecule has 0 radical (unpaired) electrons. The molecule has 0 aliphatic heterocycles. The number of unbranched alkanes of at least 4 members (excludes halogenated alkanes) is 1. The van der Waals surface area contributed by atoms with Gasteiger partial charge in [-0.15, -0.1) is 0 Å². The molecule has 62 valence electrons. The first-order valence-corrected chi connectivity index (χ1v) is 3.89. The second-order valence-electron chi connectivity index (χ2n) is 2.15. The highest BCUT2D eigenvalue weighted by Crippen LogP contribution is 1.93. The number of hydrogen-bond donors (Lipinski definition) is 1. The fourth-order valence-electron chi connectivity index (χ4n) is 0.673. The van der Waals surface area contributed by atoms with Crippen LogP contribution in [0.1, 0.15) is 26.2 Å². The molecule has 0 amide bonds. The van der Waals surface area contributed by atoms with Gasteiger partial charge in [-0.25, -0.2) is 0 Å². The van der Waals surface area contributed by atoms with Gasteiger partial charge in [0.1, 0.15) is 0 Å². The van der Waals surface area contributed by atoms with Crippen LogP contribution in [0.3, 0.4) is 0 Å². The lowest BCUT2D eigenvalue weighted by Gasteiger charge is -1.83. The Balaban J connectivity index is 3.20. The van der Waals surface area contributed by atoms with Gasteiger partial charge in [0.05, 0.1) is 6.21 Å². The van der Waals surface area contributed by atoms with Crippen molar-refractivity contribution in [2.45, 2.75) is 26.2 Å². The molecule has 0 bridgehead atoms. The van der Waals surface area contributed by atoms with Gasteiger partial charge in [-0.3, -0.25) is 0 Å². The summed E-state index contributed by atoms with van der Waals surface area (Å²) in [5, 5.41) is 10.9. The van der Waals surface area contributed by atoms with E-state index >= 15 is 0 Å². The fraction of sp³-hybridized carbons (Fsp3) is 0.444. The summed E-state index contributed by atoms with van der Waals surface area (Å²) < 4.78 is 0. The van der Waals surface area contributed by atoms with Crippen LogP contribution in [0.2, 0.25) is 0 Å². The number of nitrogens with zero attached hydrogens (tertiary/aromatic N) is 1. The molecule has 0 aromatic rings. The Labute approximate surface area is 67.9 Å². The normalized spacial score (nSPS) is 12.5. The largest absolute Gasteiger partial charge is 0.411 e. The van der Waals surface area contributed by atoms with Gasteiger partial charge in [-0.2, -0.15) is 0 Å². The van der Waals surface area contributed by atoms with E-state index in [0.29, 0.717) is 0 Å². The number of hydrogen-bond acceptors (Lipinski definition) is 2. The molecular weight excluding hydrogens is 138 g/mol. The molecule has 0 unspecified atom stereocenters. The van der Waals surface area contributed by atoms with Crippen molar-refractivity contribution in [3.63, 3.8) is 0 Å². The van der Waals surface area contributed by atoms with Gasteiger partial charge in [-0.1, -0.05) is 30.3 Å². The molecule has 0 atom stereocenters. The van der Waals surface area contributed by atoms with Crippen molar-refractivity contribution >= 4 is 6.21 Å². The van der Waals surface area contributed by atoms with E-state index in [2.05, 4.69) is 24.2 Å². The van der Waals surface area contributed by atoms with Crippen LogP contribution in [0.5, 0.6) is 0 Å². The van der Waals surface area contributed by atoms with Crippen molar-refractivity contribution in [3.05, 3.63) is 24.3 Å². The second-order valence-corrected chi connectivity index (χ2v) is 2.15. The SMILES string of the molecule is CC/C=C\CC/C=C\C=N/O. The van der Waals surface area contributed by atoms with Crippen molar-refractivity contribution in [2.75, 3.05) is 0 Å². The molecule has 0 heterocycles. The van der Waals surface area contributed by atoms with Gasteiger partial charge in [0.25, 0.3) is 0 Å². The van der Waals surface area contributed by atoms with Crippen LogP contribution >= 0.6 is 0 Å². The van der Waals surface area contributed by atoms with Gasteiger partial charge in [0.2, 0.25) is 0 Å². The molecule has 0 aliphatic carbocycles. The maximum absolute atomic E-state index is 8.01. The maximum Gasteiger partial charge on any atom is 0.0658 e. The van der Waals surface area contributed by atoms with Gasteiger partial charge in [-0.05, 0) is 25.3 Å². The average Bonchev–Trinajstić information content (AvgIpc) is 2.03. The van der Waals surface area contributed by atoms with Crippen molar-refractivity contribution < 1.29 is 5.21 Å². The Morgan fingerprint density at radius 2 is 1.91 bits per heavy atom. The van der Waals surface area contributed by atoms with E-state index in [9.17, 15) is 0 Å². The highest BCUT2D eigenvalue weighted by molar-refractivity contribution is 5.70. The topological polar surface area (TPSA) is 32.6 Å². The third-order valence-electron chi connectivity index (χ3n) is 1.19. The predicted molar refractivity (Wildman–Crippen MR) is 48.1 cm³/mol. The minimum atomic E-state index is 1.00. The van der Waals surface area contributed by atoms with Crippen LogP contribution in [0.25, 0.3) is 0 Å². The lowest BCUT2D eigenvalue weighted by Crippen LogP contribution is -1.66. The number of oxime groups is 1. The van der Waals surface area contributed by atoms with Gasteiger partial charge < -0.3 is 5.21 Å². The predicted octanol–water partition coefficient (Wildman–Crippen LogP) is 2.75. The van der Waals surface area contributed by atoms with E-state index < -0.39 is 0 Å². The molecule has 0 saturated heterocycles. The lowest BCUT2D eigenvalue weighted by atomic mass is 10.2. The van der Waals surface area contributed by atoms with Crippen LogP contribution in [-0.4, -0.2) is 11.4 Å². The number of allylic oxidation sites excluding steroid dienone is 4. The van der Waals surface area contributed by atoms with Crippen LogP contribution in [0, 0.1) is 0 Å². The van der Waals surface area contributed by atoms with E-state index in [0.717, 1.165) is 19.3 Å². The molecule has 0 aromatic heterocycles. The quantitative estimate of drug-likeness (QED) is 0.213. The summed E-state index contributed by atoms with van der Waals surface area (Å²) in [5.74, 6) is 0. The monoisotopic (exact) mass is 153 g/mol. The molecule has 0 saturated carbocycles. The third-order valence-corrected chi connectivity index (χ3v) is 1.19. The first kappa shape index (κ1) is 9.95. The van der Waals surface area contributed by atoms with Crippen molar-refractivity contribution in [3.8, 4) is 0 Å². The third kappa shape index (κ3) is 8.95. The van der Waals surface area contributed by atoms with Gasteiger partial charge >= 0.3 is 0 Å². The zero-order valence-corrected chi connectivity index (χ0v) is 6.90. The highest BCUT2D eigenvalue weighted by Gasteiger charge is 1.74.